The molecule has 1 aromatic rings. The molecule has 0 aliphatic rings. The molecule has 0 radical (unpaired) electrons. The van der Waals surface area contributed by atoms with E-state index in [-0.39, 0.29) is 0 Å². The number of ether oxygens (including phenoxy) is 1. The first-order valence-corrected chi connectivity index (χ1v) is 7.10. The largest absolute Gasteiger partial charge is 0.477 e. The summed E-state index contributed by atoms with van der Waals surface area (Å²) in [5.41, 5.74) is 3.43. The van der Waals surface area contributed by atoms with E-state index in [0.29, 0.717) is 6.61 Å². The van der Waals surface area contributed by atoms with Gasteiger partial charge in [0.1, 0.15) is 0 Å². The molecule has 1 aromatic heterocycles. The fraction of sp³-hybridized carbons (Fsp3) is 0.562. The van der Waals surface area contributed by atoms with Crippen molar-refractivity contribution in [1.29, 1.82) is 0 Å². The van der Waals surface area contributed by atoms with Crippen molar-refractivity contribution in [1.82, 2.24) is 10.3 Å². The van der Waals surface area contributed by atoms with Gasteiger partial charge in [0.15, 0.2) is 0 Å². The van der Waals surface area contributed by atoms with E-state index in [4.69, 9.17) is 4.74 Å². The van der Waals surface area contributed by atoms with Gasteiger partial charge in [-0.05, 0) is 51.3 Å². The van der Waals surface area contributed by atoms with Crippen LogP contribution in [-0.4, -0.2) is 18.1 Å². The minimum Gasteiger partial charge on any atom is -0.477 e. The number of allylic oxidation sites excluding steroid dienone is 1. The summed E-state index contributed by atoms with van der Waals surface area (Å²) in [7, 11) is 0. The molecular weight excluding hydrogens is 236 g/mol. The first-order valence-electron chi connectivity index (χ1n) is 7.10. The minimum atomic E-state index is 0.697. The summed E-state index contributed by atoms with van der Waals surface area (Å²) in [6.07, 6.45) is 5.02. The summed E-state index contributed by atoms with van der Waals surface area (Å²) < 4.78 is 5.83. The molecule has 0 fully saturated rings. The quantitative estimate of drug-likeness (QED) is 0.546. The third-order valence-electron chi connectivity index (χ3n) is 2.96. The van der Waals surface area contributed by atoms with Crippen molar-refractivity contribution >= 4 is 0 Å². The molecule has 3 nitrogen and oxygen atoms in total. The fourth-order valence-electron chi connectivity index (χ4n) is 1.95. The highest BCUT2D eigenvalue weighted by atomic mass is 16.5. The molecule has 19 heavy (non-hydrogen) atoms. The number of aromatic nitrogens is 1. The Hall–Kier alpha value is -1.35. The topological polar surface area (TPSA) is 34.1 Å². The molecular formula is C16H26N2O. The summed E-state index contributed by atoms with van der Waals surface area (Å²) in [5.74, 6) is 0.783. The lowest BCUT2D eigenvalue weighted by Gasteiger charge is -2.14. The zero-order valence-electron chi connectivity index (χ0n) is 12.5. The lowest BCUT2D eigenvalue weighted by atomic mass is 10.1. The standard InChI is InChI=1S/C16H26N2O/c1-5-7-8-10-19-16-15(12-17-9-6-2)13(3)11-14(4)18-16/h5,11,17H,1,6-10,12H2,2-4H3. The Bertz CT molecular complexity index is 402. The van der Waals surface area contributed by atoms with Crippen LogP contribution in [0.4, 0.5) is 0 Å². The van der Waals surface area contributed by atoms with Gasteiger partial charge in [-0.3, -0.25) is 0 Å². The van der Waals surface area contributed by atoms with E-state index >= 15 is 0 Å². The van der Waals surface area contributed by atoms with Crippen molar-refractivity contribution < 1.29 is 4.74 Å². The number of nitrogens with one attached hydrogen (secondary N) is 1. The molecule has 0 unspecified atom stereocenters. The maximum Gasteiger partial charge on any atom is 0.218 e. The van der Waals surface area contributed by atoms with Gasteiger partial charge in [0.25, 0.3) is 0 Å². The molecule has 0 bridgehead atoms. The summed E-state index contributed by atoms with van der Waals surface area (Å²) in [6, 6.07) is 2.11. The first kappa shape index (κ1) is 15.7. The maximum absolute atomic E-state index is 5.83. The molecule has 0 saturated heterocycles. The van der Waals surface area contributed by atoms with Gasteiger partial charge in [-0.2, -0.15) is 0 Å². The maximum atomic E-state index is 5.83. The third-order valence-corrected chi connectivity index (χ3v) is 2.96. The number of pyridine rings is 1. The number of rotatable bonds is 9. The molecule has 0 atom stereocenters. The van der Waals surface area contributed by atoms with E-state index in [0.717, 1.165) is 43.9 Å². The average molecular weight is 262 g/mol. The Morgan fingerprint density at radius 1 is 1.42 bits per heavy atom. The summed E-state index contributed by atoms with van der Waals surface area (Å²) in [5, 5.41) is 3.42. The van der Waals surface area contributed by atoms with Gasteiger partial charge in [0, 0.05) is 17.8 Å². The molecule has 0 aromatic carbocycles. The predicted molar refractivity (Wildman–Crippen MR) is 80.6 cm³/mol. The Kier molecular flexibility index (Phi) is 7.19. The highest BCUT2D eigenvalue weighted by Gasteiger charge is 2.09. The fourth-order valence-corrected chi connectivity index (χ4v) is 1.95. The molecule has 0 aliphatic heterocycles. The van der Waals surface area contributed by atoms with Crippen LogP contribution in [0, 0.1) is 13.8 Å². The van der Waals surface area contributed by atoms with Gasteiger partial charge < -0.3 is 10.1 Å². The summed E-state index contributed by atoms with van der Waals surface area (Å²) >= 11 is 0. The van der Waals surface area contributed by atoms with Crippen molar-refractivity contribution in [2.75, 3.05) is 13.2 Å². The van der Waals surface area contributed by atoms with Crippen molar-refractivity contribution in [2.24, 2.45) is 0 Å². The van der Waals surface area contributed by atoms with E-state index < -0.39 is 0 Å². The van der Waals surface area contributed by atoms with Crippen molar-refractivity contribution in [2.45, 2.75) is 46.6 Å². The van der Waals surface area contributed by atoms with Gasteiger partial charge in [-0.15, -0.1) is 6.58 Å². The van der Waals surface area contributed by atoms with Crippen LogP contribution in [0.2, 0.25) is 0 Å². The van der Waals surface area contributed by atoms with Gasteiger partial charge in [0.05, 0.1) is 6.61 Å². The molecule has 1 N–H and O–H groups in total. The molecule has 0 saturated carbocycles. The van der Waals surface area contributed by atoms with E-state index in [1.165, 1.54) is 11.1 Å². The molecule has 3 heteroatoms. The Morgan fingerprint density at radius 3 is 2.89 bits per heavy atom. The molecule has 106 valence electrons. The highest BCUT2D eigenvalue weighted by molar-refractivity contribution is 5.35. The molecule has 0 spiro atoms. The van der Waals surface area contributed by atoms with Gasteiger partial charge in [-0.25, -0.2) is 4.98 Å². The lowest BCUT2D eigenvalue weighted by Crippen LogP contribution is -2.16. The second-order valence-corrected chi connectivity index (χ2v) is 4.82. The minimum absolute atomic E-state index is 0.697. The zero-order valence-corrected chi connectivity index (χ0v) is 12.5. The zero-order chi connectivity index (χ0) is 14.1. The molecule has 0 amide bonds. The third kappa shape index (κ3) is 5.43. The van der Waals surface area contributed by atoms with Crippen LogP contribution in [0.25, 0.3) is 0 Å². The van der Waals surface area contributed by atoms with E-state index in [2.05, 4.69) is 36.8 Å². The predicted octanol–water partition coefficient (Wildman–Crippen LogP) is 3.54. The number of nitrogens with zero attached hydrogens (tertiary/aromatic N) is 1. The Labute approximate surface area is 117 Å². The normalized spacial score (nSPS) is 10.5. The Balaban J connectivity index is 2.71. The second-order valence-electron chi connectivity index (χ2n) is 4.82. The lowest BCUT2D eigenvalue weighted by molar-refractivity contribution is 0.295. The average Bonchev–Trinajstić information content (AvgIpc) is 2.37. The van der Waals surface area contributed by atoms with Crippen LogP contribution < -0.4 is 10.1 Å². The van der Waals surface area contributed by atoms with Crippen LogP contribution in [0.15, 0.2) is 18.7 Å². The monoisotopic (exact) mass is 262 g/mol. The number of unbranched alkanes of at least 4 members (excludes halogenated alkanes) is 1. The van der Waals surface area contributed by atoms with Crippen LogP contribution in [0.5, 0.6) is 5.88 Å². The van der Waals surface area contributed by atoms with E-state index in [9.17, 15) is 0 Å². The number of aryl methyl sites for hydroxylation is 2. The van der Waals surface area contributed by atoms with Crippen molar-refractivity contribution in [3.05, 3.63) is 35.5 Å². The first-order chi connectivity index (χ1) is 9.19. The van der Waals surface area contributed by atoms with Crippen LogP contribution in [0.1, 0.15) is 43.0 Å². The van der Waals surface area contributed by atoms with Crippen LogP contribution in [-0.2, 0) is 6.54 Å². The van der Waals surface area contributed by atoms with Crippen LogP contribution >= 0.6 is 0 Å². The SMILES string of the molecule is C=CCCCOc1nc(C)cc(C)c1CNCCC. The van der Waals surface area contributed by atoms with E-state index in [1.54, 1.807) is 0 Å². The highest BCUT2D eigenvalue weighted by Crippen LogP contribution is 2.21. The van der Waals surface area contributed by atoms with Crippen molar-refractivity contribution in [3.8, 4) is 5.88 Å². The second kappa shape index (κ2) is 8.70. The van der Waals surface area contributed by atoms with Gasteiger partial charge >= 0.3 is 0 Å². The molecule has 1 rings (SSSR count). The Morgan fingerprint density at radius 2 is 2.21 bits per heavy atom. The molecule has 1 heterocycles. The smallest absolute Gasteiger partial charge is 0.218 e. The van der Waals surface area contributed by atoms with Gasteiger partial charge in [0.2, 0.25) is 5.88 Å². The van der Waals surface area contributed by atoms with Gasteiger partial charge in [-0.1, -0.05) is 13.0 Å². The molecule has 0 aliphatic carbocycles. The summed E-state index contributed by atoms with van der Waals surface area (Å²) in [4.78, 5) is 4.52. The van der Waals surface area contributed by atoms with Crippen molar-refractivity contribution in [3.63, 3.8) is 0 Å². The van der Waals surface area contributed by atoms with E-state index in [1.807, 2.05) is 13.0 Å². The summed E-state index contributed by atoms with van der Waals surface area (Å²) in [6.45, 7) is 12.5. The number of hydrogen-bond acceptors (Lipinski definition) is 3. The number of hydrogen-bond donors (Lipinski definition) is 1. The van der Waals surface area contributed by atoms with Crippen LogP contribution in [0.3, 0.4) is 0 Å².